The number of unbranched alkanes of at least 4 members (excludes halogenated alkanes) is 3. The molecule has 0 aromatic carbocycles. The van der Waals surface area contributed by atoms with Crippen molar-refractivity contribution in [3.8, 4) is 12.0 Å². The quantitative estimate of drug-likeness (QED) is 0.0952. The monoisotopic (exact) mass is 803 g/mol. The fraction of sp³-hybridized carbons (Fsp3) is 0.864. The highest BCUT2D eigenvalue weighted by Gasteiger charge is 2.49. The van der Waals surface area contributed by atoms with Gasteiger partial charge in [0.2, 0.25) is 23.8 Å². The van der Waals surface area contributed by atoms with Crippen LogP contribution in [0.15, 0.2) is 0 Å². The number of hydrogen-bond donors (Lipinski definition) is 6. The zero-order valence-electron chi connectivity index (χ0n) is 35.9. The van der Waals surface area contributed by atoms with Crippen LogP contribution in [0, 0.1) is 0 Å². The van der Waals surface area contributed by atoms with Gasteiger partial charge in [-0.1, -0.05) is 89.9 Å². The smallest absolute Gasteiger partial charge is 0.322 e. The van der Waals surface area contributed by atoms with Gasteiger partial charge in [-0.05, 0) is 89.9 Å². The third-order valence-corrected chi connectivity index (χ3v) is 14.8. The zero-order chi connectivity index (χ0) is 39.7. The molecule has 58 heavy (non-hydrogen) atoms. The van der Waals surface area contributed by atoms with E-state index in [2.05, 4.69) is 51.8 Å². The molecule has 14 nitrogen and oxygen atoms in total. The first kappa shape index (κ1) is 41.5. The standard InChI is InChI=1S/C44H74N12O2/c1-57-39-51-35(49-37(53-39)47-33-29-41(19-9-5-10-20-41)55-42(30-33)21-11-6-12-22-42)45-27-17-3-4-18-28-46-36-50-38(54-40(52-36)58-2)48-34-31-43(23-13-7-14-24-43)56-44(32-34)25-15-8-16-26-44/h33-34,55-56H,3-32H2,1-2H3,(H2,45,47,49,51,53)(H2,46,48,50,52,54). The molecule has 4 heterocycles. The molecular weight excluding hydrogens is 729 g/mol. The molecule has 8 rings (SSSR count). The van der Waals surface area contributed by atoms with Crippen molar-refractivity contribution in [1.29, 1.82) is 0 Å². The van der Waals surface area contributed by atoms with Gasteiger partial charge in [0.05, 0.1) is 14.2 Å². The van der Waals surface area contributed by atoms with Gasteiger partial charge < -0.3 is 41.4 Å². The fourth-order valence-corrected chi connectivity index (χ4v) is 12.3. The van der Waals surface area contributed by atoms with Crippen LogP contribution in [0.2, 0.25) is 0 Å². The summed E-state index contributed by atoms with van der Waals surface area (Å²) < 4.78 is 11.1. The molecule has 6 fully saturated rings. The topological polar surface area (TPSA) is 168 Å². The maximum atomic E-state index is 5.53. The molecule has 0 amide bonds. The van der Waals surface area contributed by atoms with Crippen LogP contribution in [0.5, 0.6) is 12.0 Å². The summed E-state index contributed by atoms with van der Waals surface area (Å²) in [5.74, 6) is 2.39. The van der Waals surface area contributed by atoms with Crippen LogP contribution >= 0.6 is 0 Å². The predicted molar refractivity (Wildman–Crippen MR) is 231 cm³/mol. The Morgan fingerprint density at radius 3 is 1.05 bits per heavy atom. The van der Waals surface area contributed by atoms with Gasteiger partial charge in [-0.2, -0.15) is 29.9 Å². The van der Waals surface area contributed by atoms with Crippen molar-refractivity contribution in [1.82, 2.24) is 40.5 Å². The molecule has 4 aliphatic carbocycles. The van der Waals surface area contributed by atoms with Crippen molar-refractivity contribution >= 4 is 23.8 Å². The van der Waals surface area contributed by atoms with E-state index < -0.39 is 0 Å². The molecule has 0 atom stereocenters. The van der Waals surface area contributed by atoms with E-state index in [0.29, 0.717) is 47.9 Å². The number of anilines is 4. The van der Waals surface area contributed by atoms with E-state index in [1.54, 1.807) is 14.2 Å². The minimum absolute atomic E-state index is 0.237. The third kappa shape index (κ3) is 10.5. The lowest BCUT2D eigenvalue weighted by molar-refractivity contribution is 0.0592. The van der Waals surface area contributed by atoms with Crippen LogP contribution in [0.3, 0.4) is 0 Å². The molecule has 4 saturated carbocycles. The van der Waals surface area contributed by atoms with Crippen molar-refractivity contribution in [3.05, 3.63) is 0 Å². The molecule has 2 aliphatic heterocycles. The average molecular weight is 803 g/mol. The molecular formula is C44H74N12O2. The average Bonchev–Trinajstić information content (AvgIpc) is 3.22. The first-order valence-electron chi connectivity index (χ1n) is 23.6. The number of aromatic nitrogens is 6. The van der Waals surface area contributed by atoms with Crippen molar-refractivity contribution in [2.45, 2.75) is 214 Å². The van der Waals surface area contributed by atoms with Gasteiger partial charge in [-0.25, -0.2) is 0 Å². The van der Waals surface area contributed by atoms with Gasteiger partial charge in [0.1, 0.15) is 0 Å². The van der Waals surface area contributed by atoms with Gasteiger partial charge in [0, 0.05) is 47.3 Å². The van der Waals surface area contributed by atoms with E-state index in [1.807, 2.05) is 0 Å². The highest BCUT2D eigenvalue weighted by molar-refractivity contribution is 5.38. The Morgan fingerprint density at radius 2 is 0.741 bits per heavy atom. The minimum Gasteiger partial charge on any atom is -0.467 e. The number of methoxy groups -OCH3 is 2. The van der Waals surface area contributed by atoms with Crippen molar-refractivity contribution in [3.63, 3.8) is 0 Å². The van der Waals surface area contributed by atoms with E-state index in [4.69, 9.17) is 19.4 Å². The van der Waals surface area contributed by atoms with Gasteiger partial charge in [-0.15, -0.1) is 0 Å². The number of nitrogens with zero attached hydrogens (tertiary/aromatic N) is 6. The largest absolute Gasteiger partial charge is 0.467 e. The number of ether oxygens (including phenoxy) is 2. The zero-order valence-corrected chi connectivity index (χ0v) is 35.9. The summed E-state index contributed by atoms with van der Waals surface area (Å²) in [5.41, 5.74) is 0.947. The van der Waals surface area contributed by atoms with Gasteiger partial charge in [0.25, 0.3) is 0 Å². The summed E-state index contributed by atoms with van der Waals surface area (Å²) >= 11 is 0. The maximum absolute atomic E-state index is 5.53. The van der Waals surface area contributed by atoms with Crippen LogP contribution in [0.25, 0.3) is 0 Å². The van der Waals surface area contributed by atoms with Crippen LogP contribution in [-0.2, 0) is 0 Å². The summed E-state index contributed by atoms with van der Waals surface area (Å²) in [6.45, 7) is 1.58. The Bertz CT molecular complexity index is 1430. The molecule has 6 N–H and O–H groups in total. The van der Waals surface area contributed by atoms with E-state index in [1.165, 1.54) is 128 Å². The molecule has 322 valence electrons. The SMILES string of the molecule is COc1nc(NCCCCCCNc2nc(NC3CC4(CCCCC4)NC4(CCCCC4)C3)nc(OC)n2)nc(NC2CC3(CCCCC3)NC3(CCCCC3)C2)n1. The molecule has 14 heteroatoms. The summed E-state index contributed by atoms with van der Waals surface area (Å²) in [5, 5.41) is 23.0. The second-order valence-corrected chi connectivity index (χ2v) is 19.3. The molecule has 0 radical (unpaired) electrons. The van der Waals surface area contributed by atoms with E-state index >= 15 is 0 Å². The fourth-order valence-electron chi connectivity index (χ4n) is 12.3. The Labute approximate surface area is 347 Å². The normalized spacial score (nSPS) is 26.0. The van der Waals surface area contributed by atoms with Crippen molar-refractivity contribution < 1.29 is 9.47 Å². The van der Waals surface area contributed by atoms with Crippen molar-refractivity contribution in [2.24, 2.45) is 0 Å². The van der Waals surface area contributed by atoms with E-state index in [0.717, 1.165) is 64.5 Å². The summed E-state index contributed by atoms with van der Waals surface area (Å²) in [6, 6.07) is 1.38. The Morgan fingerprint density at radius 1 is 0.431 bits per heavy atom. The number of piperidine rings is 2. The second kappa shape index (κ2) is 19.0. The molecule has 2 aromatic heterocycles. The third-order valence-electron chi connectivity index (χ3n) is 14.8. The van der Waals surface area contributed by atoms with Crippen molar-refractivity contribution in [2.75, 3.05) is 48.6 Å². The number of nitrogens with one attached hydrogen (secondary N) is 6. The summed E-state index contributed by atoms with van der Waals surface area (Å²) in [7, 11) is 3.26. The van der Waals surface area contributed by atoms with E-state index in [9.17, 15) is 0 Å². The Balaban J connectivity index is 0.793. The van der Waals surface area contributed by atoms with Crippen LogP contribution < -0.4 is 41.4 Å². The predicted octanol–water partition coefficient (Wildman–Crippen LogP) is 8.30. The summed E-state index contributed by atoms with van der Waals surface area (Å²) in [6.07, 6.45) is 35.0. The van der Waals surface area contributed by atoms with Gasteiger partial charge in [0.15, 0.2) is 0 Å². The minimum atomic E-state index is 0.237. The second-order valence-electron chi connectivity index (χ2n) is 19.3. The Hall–Kier alpha value is -3.26. The van der Waals surface area contributed by atoms with Gasteiger partial charge in [-0.3, -0.25) is 0 Å². The van der Waals surface area contributed by atoms with Crippen LogP contribution in [0.1, 0.15) is 180 Å². The molecule has 4 spiro atoms. The molecule has 6 aliphatic rings. The summed E-state index contributed by atoms with van der Waals surface area (Å²) in [4.78, 5) is 28.0. The molecule has 0 unspecified atom stereocenters. The number of hydrogen-bond acceptors (Lipinski definition) is 14. The van der Waals surface area contributed by atoms with E-state index in [-0.39, 0.29) is 22.2 Å². The lowest BCUT2D eigenvalue weighted by atomic mass is 9.66. The highest BCUT2D eigenvalue weighted by Crippen LogP contribution is 2.46. The highest BCUT2D eigenvalue weighted by atomic mass is 16.5. The lowest BCUT2D eigenvalue weighted by Crippen LogP contribution is -2.66. The molecule has 2 aromatic rings. The van der Waals surface area contributed by atoms with Crippen LogP contribution in [0.4, 0.5) is 23.8 Å². The number of rotatable bonds is 15. The van der Waals surface area contributed by atoms with Crippen LogP contribution in [-0.4, -0.2) is 91.5 Å². The maximum Gasteiger partial charge on any atom is 0.322 e. The first-order valence-corrected chi connectivity index (χ1v) is 23.6. The molecule has 0 bridgehead atoms. The first-order chi connectivity index (χ1) is 28.4. The molecule has 2 saturated heterocycles. The lowest BCUT2D eigenvalue weighted by Gasteiger charge is -2.55. The Kier molecular flexibility index (Phi) is 13.6. The van der Waals surface area contributed by atoms with Gasteiger partial charge >= 0.3 is 12.0 Å².